The molecule has 0 atom stereocenters. The number of likely N-dealkylation sites (N-methyl/N-ethyl adjacent to an activating group) is 1. The fourth-order valence-electron chi connectivity index (χ4n) is 2.30. The first-order valence-corrected chi connectivity index (χ1v) is 6.81. The Hall–Kier alpha value is -1.06. The maximum Gasteiger partial charge on any atom is 0.223 e. The van der Waals surface area contributed by atoms with Crippen LogP contribution in [0.25, 0.3) is 0 Å². The highest BCUT2D eigenvalue weighted by molar-refractivity contribution is 6.30. The largest absolute Gasteiger partial charge is 0.342 e. The molecule has 0 bridgehead atoms. The molecule has 1 aromatic carbocycles. The van der Waals surface area contributed by atoms with Gasteiger partial charge in [0.05, 0.1) is 0 Å². The van der Waals surface area contributed by atoms with E-state index in [9.17, 15) is 4.79 Å². The Morgan fingerprint density at radius 1 is 1.28 bits per heavy atom. The lowest BCUT2D eigenvalue weighted by molar-refractivity contribution is -0.130. The molecule has 0 N–H and O–H groups in total. The van der Waals surface area contributed by atoms with Crippen LogP contribution in [0.2, 0.25) is 5.02 Å². The summed E-state index contributed by atoms with van der Waals surface area (Å²) in [7, 11) is 0. The van der Waals surface area contributed by atoms with Crippen LogP contribution in [0.3, 0.4) is 0 Å². The minimum atomic E-state index is 0.270. The predicted octanol–water partition coefficient (Wildman–Crippen LogP) is 2.39. The van der Waals surface area contributed by atoms with E-state index in [2.05, 4.69) is 11.0 Å². The van der Waals surface area contributed by atoms with Crippen molar-refractivity contribution in [2.45, 2.75) is 19.9 Å². The SMILES string of the molecule is CCN1CCN(Cc2cccc(Cl)c2)CCC1=O. The second-order valence-corrected chi connectivity index (χ2v) is 5.07. The van der Waals surface area contributed by atoms with Crippen molar-refractivity contribution in [1.82, 2.24) is 9.80 Å². The third kappa shape index (κ3) is 3.47. The van der Waals surface area contributed by atoms with Gasteiger partial charge in [-0.15, -0.1) is 0 Å². The molecule has 1 heterocycles. The average Bonchev–Trinajstić information content (AvgIpc) is 2.52. The Morgan fingerprint density at radius 3 is 2.83 bits per heavy atom. The Bertz CT molecular complexity index is 422. The number of nitrogens with zero attached hydrogens (tertiary/aromatic N) is 2. The summed E-state index contributed by atoms with van der Waals surface area (Å²) in [5.74, 6) is 0.270. The van der Waals surface area contributed by atoms with Crippen molar-refractivity contribution in [3.8, 4) is 0 Å². The van der Waals surface area contributed by atoms with Gasteiger partial charge in [-0.1, -0.05) is 23.7 Å². The lowest BCUT2D eigenvalue weighted by atomic mass is 10.2. The maximum atomic E-state index is 11.8. The topological polar surface area (TPSA) is 23.6 Å². The molecule has 0 radical (unpaired) electrons. The summed E-state index contributed by atoms with van der Waals surface area (Å²) in [6.07, 6.45) is 0.619. The molecule has 0 unspecified atom stereocenters. The monoisotopic (exact) mass is 266 g/mol. The van der Waals surface area contributed by atoms with Crippen LogP contribution in [0, 0.1) is 0 Å². The minimum Gasteiger partial charge on any atom is -0.342 e. The van der Waals surface area contributed by atoms with E-state index in [0.717, 1.165) is 37.7 Å². The molecule has 1 fully saturated rings. The molecule has 1 aliphatic rings. The number of carbonyl (C=O) groups is 1. The highest BCUT2D eigenvalue weighted by Crippen LogP contribution is 2.14. The van der Waals surface area contributed by atoms with Crippen LogP contribution in [-0.4, -0.2) is 41.9 Å². The molecule has 4 heteroatoms. The molecule has 2 rings (SSSR count). The quantitative estimate of drug-likeness (QED) is 0.839. The summed E-state index contributed by atoms with van der Waals surface area (Å²) in [4.78, 5) is 16.0. The van der Waals surface area contributed by atoms with Crippen molar-refractivity contribution in [2.24, 2.45) is 0 Å². The molecule has 0 spiro atoms. The Morgan fingerprint density at radius 2 is 2.11 bits per heavy atom. The van der Waals surface area contributed by atoms with Gasteiger partial charge in [0.15, 0.2) is 0 Å². The molecular formula is C14H19ClN2O. The van der Waals surface area contributed by atoms with E-state index in [1.54, 1.807) is 0 Å². The number of carbonyl (C=O) groups excluding carboxylic acids is 1. The van der Waals surface area contributed by atoms with Gasteiger partial charge in [-0.3, -0.25) is 9.69 Å². The standard InChI is InChI=1S/C14H19ClN2O/c1-2-17-9-8-16(7-6-14(17)18)11-12-4-3-5-13(15)10-12/h3-5,10H,2,6-9,11H2,1H3. The van der Waals surface area contributed by atoms with Crippen LogP contribution < -0.4 is 0 Å². The molecule has 98 valence electrons. The van der Waals surface area contributed by atoms with Crippen molar-refractivity contribution in [2.75, 3.05) is 26.2 Å². The van der Waals surface area contributed by atoms with Crippen molar-refractivity contribution >= 4 is 17.5 Å². The number of hydrogen-bond acceptors (Lipinski definition) is 2. The molecule has 1 amide bonds. The first kappa shape index (κ1) is 13.4. The van der Waals surface area contributed by atoms with E-state index >= 15 is 0 Å². The summed E-state index contributed by atoms with van der Waals surface area (Å²) in [5.41, 5.74) is 1.21. The van der Waals surface area contributed by atoms with Gasteiger partial charge in [-0.2, -0.15) is 0 Å². The van der Waals surface area contributed by atoms with Crippen LogP contribution >= 0.6 is 11.6 Å². The molecule has 0 aromatic heterocycles. The number of amides is 1. The Kier molecular flexibility index (Phi) is 4.61. The first-order valence-electron chi connectivity index (χ1n) is 6.43. The third-order valence-corrected chi connectivity index (χ3v) is 3.59. The highest BCUT2D eigenvalue weighted by Gasteiger charge is 2.19. The summed E-state index contributed by atoms with van der Waals surface area (Å²) >= 11 is 5.98. The van der Waals surface area contributed by atoms with E-state index in [1.807, 2.05) is 30.0 Å². The van der Waals surface area contributed by atoms with Gasteiger partial charge >= 0.3 is 0 Å². The Balaban J connectivity index is 1.96. The van der Waals surface area contributed by atoms with Gasteiger partial charge in [0.2, 0.25) is 5.91 Å². The van der Waals surface area contributed by atoms with E-state index in [-0.39, 0.29) is 5.91 Å². The smallest absolute Gasteiger partial charge is 0.223 e. The van der Waals surface area contributed by atoms with Crippen LogP contribution in [-0.2, 0) is 11.3 Å². The predicted molar refractivity (Wildman–Crippen MR) is 73.6 cm³/mol. The maximum absolute atomic E-state index is 11.8. The van der Waals surface area contributed by atoms with E-state index < -0.39 is 0 Å². The molecular weight excluding hydrogens is 248 g/mol. The molecule has 1 aromatic rings. The number of halogens is 1. The molecule has 0 saturated carbocycles. The zero-order chi connectivity index (χ0) is 13.0. The fraction of sp³-hybridized carbons (Fsp3) is 0.500. The lowest BCUT2D eigenvalue weighted by Gasteiger charge is -2.21. The third-order valence-electron chi connectivity index (χ3n) is 3.36. The average molecular weight is 267 g/mol. The van der Waals surface area contributed by atoms with Gasteiger partial charge in [-0.25, -0.2) is 0 Å². The summed E-state index contributed by atoms with van der Waals surface area (Å²) < 4.78 is 0. The van der Waals surface area contributed by atoms with E-state index in [0.29, 0.717) is 6.42 Å². The fourth-order valence-corrected chi connectivity index (χ4v) is 2.51. The first-order chi connectivity index (χ1) is 8.69. The van der Waals surface area contributed by atoms with E-state index in [4.69, 9.17) is 11.6 Å². The van der Waals surface area contributed by atoms with Crippen molar-refractivity contribution in [3.63, 3.8) is 0 Å². The molecule has 3 nitrogen and oxygen atoms in total. The summed E-state index contributed by atoms with van der Waals surface area (Å²) in [5, 5.41) is 0.772. The lowest BCUT2D eigenvalue weighted by Crippen LogP contribution is -2.32. The van der Waals surface area contributed by atoms with Gasteiger partial charge in [0, 0.05) is 44.2 Å². The van der Waals surface area contributed by atoms with Gasteiger partial charge < -0.3 is 4.90 Å². The number of rotatable bonds is 3. The van der Waals surface area contributed by atoms with Crippen molar-refractivity contribution in [3.05, 3.63) is 34.9 Å². The minimum absolute atomic E-state index is 0.270. The van der Waals surface area contributed by atoms with Crippen LogP contribution in [0.15, 0.2) is 24.3 Å². The van der Waals surface area contributed by atoms with Crippen LogP contribution in [0.4, 0.5) is 0 Å². The molecule has 18 heavy (non-hydrogen) atoms. The highest BCUT2D eigenvalue weighted by atomic mass is 35.5. The van der Waals surface area contributed by atoms with Gasteiger partial charge in [0.1, 0.15) is 0 Å². The Labute approximate surface area is 113 Å². The van der Waals surface area contributed by atoms with Crippen LogP contribution in [0.5, 0.6) is 0 Å². The zero-order valence-corrected chi connectivity index (χ0v) is 11.5. The molecule has 1 aliphatic heterocycles. The zero-order valence-electron chi connectivity index (χ0n) is 10.7. The van der Waals surface area contributed by atoms with E-state index in [1.165, 1.54) is 5.56 Å². The summed E-state index contributed by atoms with van der Waals surface area (Å²) in [6, 6.07) is 7.93. The van der Waals surface area contributed by atoms with Crippen molar-refractivity contribution in [1.29, 1.82) is 0 Å². The van der Waals surface area contributed by atoms with Gasteiger partial charge in [0.25, 0.3) is 0 Å². The molecule has 1 saturated heterocycles. The number of hydrogen-bond donors (Lipinski definition) is 0. The normalized spacial score (nSPS) is 17.9. The summed E-state index contributed by atoms with van der Waals surface area (Å²) in [6.45, 7) is 6.31. The second-order valence-electron chi connectivity index (χ2n) is 4.63. The number of benzene rings is 1. The van der Waals surface area contributed by atoms with Crippen molar-refractivity contribution < 1.29 is 4.79 Å². The second kappa shape index (κ2) is 6.21. The van der Waals surface area contributed by atoms with Crippen LogP contribution in [0.1, 0.15) is 18.9 Å². The van der Waals surface area contributed by atoms with Gasteiger partial charge in [-0.05, 0) is 24.6 Å². The molecule has 0 aliphatic carbocycles.